The number of nitrogens with one attached hydrogen (secondary N) is 1. The Morgan fingerprint density at radius 1 is 1.13 bits per heavy atom. The third-order valence-corrected chi connectivity index (χ3v) is 6.07. The number of rotatable bonds is 6. The number of para-hydroxylation sites is 1. The van der Waals surface area contributed by atoms with Crippen LogP contribution in [0.3, 0.4) is 0 Å². The van der Waals surface area contributed by atoms with Crippen molar-refractivity contribution in [3.8, 4) is 0 Å². The summed E-state index contributed by atoms with van der Waals surface area (Å²) in [7, 11) is 1.78. The molecule has 31 heavy (non-hydrogen) atoms. The molecule has 0 aliphatic carbocycles. The predicted octanol–water partition coefficient (Wildman–Crippen LogP) is 3.08. The number of nitrogens with zero attached hydrogens (tertiary/aromatic N) is 3. The normalized spacial score (nSPS) is 18.7. The first-order valence-corrected chi connectivity index (χ1v) is 11.2. The number of anilines is 1. The molecular weight excluding hydrogens is 388 g/mol. The molecule has 2 aliphatic heterocycles. The summed E-state index contributed by atoms with van der Waals surface area (Å²) in [5, 5.41) is 3.29. The summed E-state index contributed by atoms with van der Waals surface area (Å²) in [4.78, 5) is 21.5. The maximum absolute atomic E-state index is 12.9. The highest BCUT2D eigenvalue weighted by Gasteiger charge is 2.26. The summed E-state index contributed by atoms with van der Waals surface area (Å²) in [5.74, 6) is 1.37. The molecule has 4 rings (SSSR count). The standard InChI is InChI=1S/C25H32N4O2/c1-26-25(27-16-24(30)29-14-7-11-22-10-5-6-12-23(22)29)28-15-13-21(17-28)19-31-18-20-8-3-2-4-9-20/h2-6,8-10,12,21H,7,11,13-19H2,1H3,(H,26,27). The number of carbonyl (C=O) groups is 1. The van der Waals surface area contributed by atoms with Crippen LogP contribution in [-0.4, -0.2) is 56.6 Å². The third-order valence-electron chi connectivity index (χ3n) is 6.07. The molecule has 2 aromatic rings. The minimum Gasteiger partial charge on any atom is -0.376 e. The van der Waals surface area contributed by atoms with Crippen LogP contribution >= 0.6 is 0 Å². The minimum atomic E-state index is 0.0928. The van der Waals surface area contributed by atoms with Gasteiger partial charge in [-0.3, -0.25) is 9.79 Å². The van der Waals surface area contributed by atoms with Gasteiger partial charge in [0.1, 0.15) is 0 Å². The summed E-state index contributed by atoms with van der Waals surface area (Å²) in [6.45, 7) is 4.25. The highest BCUT2D eigenvalue weighted by molar-refractivity contribution is 5.98. The van der Waals surface area contributed by atoms with Crippen molar-refractivity contribution in [3.05, 3.63) is 65.7 Å². The van der Waals surface area contributed by atoms with Gasteiger partial charge >= 0.3 is 0 Å². The fraction of sp³-hybridized carbons (Fsp3) is 0.440. The number of fused-ring (bicyclic) bond motifs is 1. The van der Waals surface area contributed by atoms with Crippen LogP contribution in [0, 0.1) is 5.92 Å². The molecule has 164 valence electrons. The van der Waals surface area contributed by atoms with Crippen molar-refractivity contribution in [3.63, 3.8) is 0 Å². The van der Waals surface area contributed by atoms with Crippen LogP contribution in [0.5, 0.6) is 0 Å². The maximum Gasteiger partial charge on any atom is 0.246 e. The van der Waals surface area contributed by atoms with Gasteiger partial charge in [0.15, 0.2) is 5.96 Å². The quantitative estimate of drug-likeness (QED) is 0.576. The molecule has 0 radical (unpaired) electrons. The number of aryl methyl sites for hydroxylation is 1. The van der Waals surface area contributed by atoms with Crippen molar-refractivity contribution in [1.29, 1.82) is 0 Å². The number of ether oxygens (including phenoxy) is 1. The van der Waals surface area contributed by atoms with Crippen LogP contribution in [0.1, 0.15) is 24.0 Å². The number of likely N-dealkylation sites (tertiary alicyclic amines) is 1. The molecule has 1 amide bonds. The Morgan fingerprint density at radius 2 is 1.94 bits per heavy atom. The van der Waals surface area contributed by atoms with E-state index in [1.165, 1.54) is 11.1 Å². The topological polar surface area (TPSA) is 57.2 Å². The minimum absolute atomic E-state index is 0.0928. The van der Waals surface area contributed by atoms with Crippen molar-refractivity contribution < 1.29 is 9.53 Å². The van der Waals surface area contributed by atoms with Crippen molar-refractivity contribution in [2.75, 3.05) is 44.7 Å². The number of carbonyl (C=O) groups excluding carboxylic acids is 1. The highest BCUT2D eigenvalue weighted by Crippen LogP contribution is 2.26. The molecule has 2 aliphatic rings. The lowest BCUT2D eigenvalue weighted by atomic mass is 10.0. The van der Waals surface area contributed by atoms with E-state index >= 15 is 0 Å². The smallest absolute Gasteiger partial charge is 0.246 e. The van der Waals surface area contributed by atoms with E-state index in [9.17, 15) is 4.79 Å². The summed E-state index contributed by atoms with van der Waals surface area (Å²) >= 11 is 0. The Morgan fingerprint density at radius 3 is 2.77 bits per heavy atom. The lowest BCUT2D eigenvalue weighted by Crippen LogP contribution is -2.47. The molecule has 1 saturated heterocycles. The third kappa shape index (κ3) is 5.44. The lowest BCUT2D eigenvalue weighted by molar-refractivity contribution is -0.117. The zero-order chi connectivity index (χ0) is 21.5. The average Bonchev–Trinajstić information content (AvgIpc) is 3.28. The Hall–Kier alpha value is -2.86. The fourth-order valence-electron chi connectivity index (χ4n) is 4.45. The van der Waals surface area contributed by atoms with Crippen LogP contribution in [0.2, 0.25) is 0 Å². The largest absolute Gasteiger partial charge is 0.376 e. The molecule has 0 spiro atoms. The van der Waals surface area contributed by atoms with Gasteiger partial charge in [0, 0.05) is 38.3 Å². The zero-order valence-electron chi connectivity index (χ0n) is 18.3. The number of amides is 1. The second kappa shape index (κ2) is 10.4. The summed E-state index contributed by atoms with van der Waals surface area (Å²) in [6.07, 6.45) is 3.12. The van der Waals surface area contributed by atoms with Gasteiger partial charge in [-0.25, -0.2) is 0 Å². The Balaban J connectivity index is 1.24. The molecule has 1 unspecified atom stereocenters. The van der Waals surface area contributed by atoms with Crippen molar-refractivity contribution in [2.24, 2.45) is 10.9 Å². The SMILES string of the molecule is CN=C(NCC(=O)N1CCCc2ccccc21)N1CCC(COCc2ccccc2)C1. The summed E-state index contributed by atoms with van der Waals surface area (Å²) in [6, 6.07) is 18.5. The van der Waals surface area contributed by atoms with E-state index in [2.05, 4.69) is 33.4 Å². The van der Waals surface area contributed by atoms with Crippen molar-refractivity contribution in [1.82, 2.24) is 10.2 Å². The van der Waals surface area contributed by atoms with E-state index in [1.54, 1.807) is 7.05 Å². The first-order valence-electron chi connectivity index (χ1n) is 11.2. The molecular formula is C25H32N4O2. The van der Waals surface area contributed by atoms with Crippen LogP contribution in [0.4, 0.5) is 5.69 Å². The highest BCUT2D eigenvalue weighted by atomic mass is 16.5. The van der Waals surface area contributed by atoms with Crippen molar-refractivity contribution in [2.45, 2.75) is 25.9 Å². The molecule has 1 fully saturated rings. The Labute approximate surface area is 184 Å². The molecule has 2 aromatic carbocycles. The summed E-state index contributed by atoms with van der Waals surface area (Å²) < 4.78 is 5.93. The molecule has 1 atom stereocenters. The van der Waals surface area contributed by atoms with Crippen LogP contribution < -0.4 is 10.2 Å². The molecule has 1 N–H and O–H groups in total. The Bertz CT molecular complexity index is 899. The van der Waals surface area contributed by atoms with E-state index in [0.29, 0.717) is 12.5 Å². The van der Waals surface area contributed by atoms with Gasteiger partial charge in [-0.1, -0.05) is 48.5 Å². The first-order chi connectivity index (χ1) is 15.2. The van der Waals surface area contributed by atoms with Crippen molar-refractivity contribution >= 4 is 17.6 Å². The second-order valence-electron chi connectivity index (χ2n) is 8.28. The molecule has 0 saturated carbocycles. The number of hydrogen-bond donors (Lipinski definition) is 1. The van der Waals surface area contributed by atoms with Gasteiger partial charge in [0.2, 0.25) is 5.91 Å². The number of hydrogen-bond acceptors (Lipinski definition) is 3. The Kier molecular flexibility index (Phi) is 7.20. The van der Waals surface area contributed by atoms with E-state index < -0.39 is 0 Å². The van der Waals surface area contributed by atoms with Gasteiger partial charge < -0.3 is 19.9 Å². The zero-order valence-corrected chi connectivity index (χ0v) is 18.3. The van der Waals surface area contributed by atoms with E-state index in [0.717, 1.165) is 57.2 Å². The molecule has 0 aromatic heterocycles. The van der Waals surface area contributed by atoms with E-state index in [1.807, 2.05) is 41.3 Å². The van der Waals surface area contributed by atoms with Crippen LogP contribution in [0.15, 0.2) is 59.6 Å². The van der Waals surface area contributed by atoms with Gasteiger partial charge in [-0.2, -0.15) is 0 Å². The fourth-order valence-corrected chi connectivity index (χ4v) is 4.45. The first kappa shape index (κ1) is 21.4. The lowest BCUT2D eigenvalue weighted by Gasteiger charge is -2.30. The van der Waals surface area contributed by atoms with Crippen LogP contribution in [0.25, 0.3) is 0 Å². The monoisotopic (exact) mass is 420 g/mol. The maximum atomic E-state index is 12.9. The van der Waals surface area contributed by atoms with Crippen LogP contribution in [-0.2, 0) is 22.6 Å². The van der Waals surface area contributed by atoms with Gasteiger partial charge in [0.25, 0.3) is 0 Å². The van der Waals surface area contributed by atoms with E-state index in [-0.39, 0.29) is 12.5 Å². The summed E-state index contributed by atoms with van der Waals surface area (Å²) in [5.41, 5.74) is 3.50. The van der Waals surface area contributed by atoms with Gasteiger partial charge in [-0.15, -0.1) is 0 Å². The number of aliphatic imine (C=N–C) groups is 1. The van der Waals surface area contributed by atoms with Gasteiger partial charge in [0.05, 0.1) is 19.8 Å². The molecule has 6 heteroatoms. The molecule has 2 heterocycles. The van der Waals surface area contributed by atoms with E-state index in [4.69, 9.17) is 4.74 Å². The van der Waals surface area contributed by atoms with Gasteiger partial charge in [-0.05, 0) is 36.5 Å². The molecule has 0 bridgehead atoms. The predicted molar refractivity (Wildman–Crippen MR) is 124 cm³/mol. The number of benzene rings is 2. The molecule has 6 nitrogen and oxygen atoms in total. The number of guanidine groups is 1. The second-order valence-corrected chi connectivity index (χ2v) is 8.28. The average molecular weight is 421 g/mol.